The van der Waals surface area contributed by atoms with Crippen LogP contribution >= 0.6 is 0 Å². The van der Waals surface area contributed by atoms with Gasteiger partial charge in [-0.05, 0) is 68.8 Å². The Morgan fingerprint density at radius 2 is 1.79 bits per heavy atom. The predicted molar refractivity (Wildman–Crippen MR) is 122 cm³/mol. The second kappa shape index (κ2) is 10.9. The van der Waals surface area contributed by atoms with Crippen molar-refractivity contribution in [2.45, 2.75) is 102 Å². The summed E-state index contributed by atoms with van der Waals surface area (Å²) in [5.41, 5.74) is 9.49. The van der Waals surface area contributed by atoms with Crippen LogP contribution < -0.4 is 5.73 Å². The summed E-state index contributed by atoms with van der Waals surface area (Å²) in [6.45, 7) is 4.51. The molecule has 4 nitrogen and oxygen atoms in total. The van der Waals surface area contributed by atoms with Gasteiger partial charge in [0.05, 0.1) is 0 Å². The van der Waals surface area contributed by atoms with Crippen LogP contribution in [0.25, 0.3) is 0 Å². The number of fused-ring (bicyclic) bond motifs is 1. The summed E-state index contributed by atoms with van der Waals surface area (Å²) in [5, 5.41) is 18.0. The number of nitrogens with zero attached hydrogens (tertiary/aromatic N) is 1. The Labute approximate surface area is 178 Å². The van der Waals surface area contributed by atoms with Gasteiger partial charge in [0.25, 0.3) is 0 Å². The predicted octanol–water partition coefficient (Wildman–Crippen LogP) is 4.13. The zero-order chi connectivity index (χ0) is 20.7. The molecule has 1 fully saturated rings. The highest BCUT2D eigenvalue weighted by molar-refractivity contribution is 6.40. The summed E-state index contributed by atoms with van der Waals surface area (Å²) in [7, 11) is -1.19. The van der Waals surface area contributed by atoms with Gasteiger partial charge in [-0.25, -0.2) is 0 Å². The summed E-state index contributed by atoms with van der Waals surface area (Å²) in [4.78, 5) is 2.76. The van der Waals surface area contributed by atoms with Crippen LogP contribution in [0.4, 0.5) is 0 Å². The van der Waals surface area contributed by atoms with E-state index < -0.39 is 7.12 Å². The maximum Gasteiger partial charge on any atom is 0.451 e. The van der Waals surface area contributed by atoms with E-state index in [1.165, 1.54) is 49.8 Å². The summed E-state index contributed by atoms with van der Waals surface area (Å²) >= 11 is 0. The summed E-state index contributed by atoms with van der Waals surface area (Å²) < 4.78 is 0. The van der Waals surface area contributed by atoms with Crippen LogP contribution in [0, 0.1) is 5.92 Å². The third kappa shape index (κ3) is 7.39. The Morgan fingerprint density at radius 3 is 2.52 bits per heavy atom. The molecule has 162 valence electrons. The van der Waals surface area contributed by atoms with E-state index in [4.69, 9.17) is 15.8 Å². The molecule has 1 aromatic carbocycles. The maximum atomic E-state index is 9.02. The molecule has 1 aliphatic carbocycles. The van der Waals surface area contributed by atoms with Crippen LogP contribution in [0.15, 0.2) is 24.3 Å². The molecule has 2 atom stereocenters. The smallest absolute Gasteiger partial charge is 0.427 e. The van der Waals surface area contributed by atoms with Crippen molar-refractivity contribution in [2.24, 2.45) is 11.7 Å². The van der Waals surface area contributed by atoms with Crippen molar-refractivity contribution >= 4 is 7.12 Å². The van der Waals surface area contributed by atoms with E-state index in [9.17, 15) is 0 Å². The molecule has 0 amide bonds. The van der Waals surface area contributed by atoms with Gasteiger partial charge in [0, 0.05) is 24.7 Å². The molecule has 0 radical (unpaired) electrons. The fourth-order valence-corrected chi connectivity index (χ4v) is 5.32. The molecule has 3 rings (SSSR count). The Morgan fingerprint density at radius 1 is 1.07 bits per heavy atom. The fourth-order valence-electron chi connectivity index (χ4n) is 5.32. The molecule has 1 aliphatic heterocycles. The Kier molecular flexibility index (Phi) is 8.61. The summed E-state index contributed by atoms with van der Waals surface area (Å²) in [6.07, 6.45) is 13.5. The highest BCUT2D eigenvalue weighted by Crippen LogP contribution is 2.32. The second-order valence-electron chi connectivity index (χ2n) is 9.98. The monoisotopic (exact) mass is 400 g/mol. The molecule has 1 aromatic rings. The van der Waals surface area contributed by atoms with Crippen molar-refractivity contribution in [1.29, 1.82) is 0 Å². The van der Waals surface area contributed by atoms with Crippen LogP contribution in [-0.2, 0) is 13.0 Å². The van der Waals surface area contributed by atoms with E-state index in [2.05, 4.69) is 36.1 Å². The molecule has 2 unspecified atom stereocenters. The van der Waals surface area contributed by atoms with Crippen LogP contribution in [0.3, 0.4) is 0 Å². The first-order valence-corrected chi connectivity index (χ1v) is 11.9. The van der Waals surface area contributed by atoms with Crippen molar-refractivity contribution in [3.05, 3.63) is 35.4 Å². The Hall–Kier alpha value is -0.875. The average Bonchev–Trinajstić information content (AvgIpc) is 2.70. The highest BCUT2D eigenvalue weighted by atomic mass is 16.4. The number of rotatable bonds is 10. The molecule has 2 aliphatic rings. The minimum Gasteiger partial charge on any atom is -0.427 e. The molecule has 1 saturated carbocycles. The van der Waals surface area contributed by atoms with Crippen molar-refractivity contribution in [3.63, 3.8) is 0 Å². The third-order valence-electron chi connectivity index (χ3n) is 7.19. The molecule has 1 heterocycles. The van der Waals surface area contributed by atoms with Gasteiger partial charge < -0.3 is 15.8 Å². The van der Waals surface area contributed by atoms with Crippen LogP contribution in [0.1, 0.15) is 82.3 Å². The van der Waals surface area contributed by atoms with E-state index >= 15 is 0 Å². The topological polar surface area (TPSA) is 69.7 Å². The lowest BCUT2D eigenvalue weighted by Gasteiger charge is -2.41. The Balaban J connectivity index is 1.56. The molecule has 0 spiro atoms. The SMILES string of the molecule is CC(N)(CCCCB(O)O)CCC1Cc2ccccc2CN1CC1CCCCC1. The van der Waals surface area contributed by atoms with Crippen molar-refractivity contribution in [3.8, 4) is 0 Å². The Bertz CT molecular complexity index is 617. The highest BCUT2D eigenvalue weighted by Gasteiger charge is 2.30. The molecule has 4 N–H and O–H groups in total. The van der Waals surface area contributed by atoms with E-state index in [1.807, 2.05) is 0 Å². The lowest BCUT2D eigenvalue weighted by atomic mass is 9.80. The van der Waals surface area contributed by atoms with Crippen LogP contribution in [0.2, 0.25) is 6.32 Å². The minimum absolute atomic E-state index is 0.173. The number of hydrogen-bond acceptors (Lipinski definition) is 4. The molecule has 0 saturated heterocycles. The zero-order valence-electron chi connectivity index (χ0n) is 18.4. The van der Waals surface area contributed by atoms with Gasteiger partial charge in [0.2, 0.25) is 0 Å². The largest absolute Gasteiger partial charge is 0.451 e. The molecule has 29 heavy (non-hydrogen) atoms. The first-order valence-electron chi connectivity index (χ1n) is 11.9. The second-order valence-corrected chi connectivity index (χ2v) is 9.98. The van der Waals surface area contributed by atoms with Gasteiger partial charge in [0.15, 0.2) is 0 Å². The van der Waals surface area contributed by atoms with E-state index in [0.717, 1.165) is 51.0 Å². The maximum absolute atomic E-state index is 9.02. The van der Waals surface area contributed by atoms with Gasteiger partial charge in [-0.3, -0.25) is 4.90 Å². The summed E-state index contributed by atoms with van der Waals surface area (Å²) in [6, 6.07) is 9.56. The lowest BCUT2D eigenvalue weighted by Crippen LogP contribution is -2.45. The standard InChI is InChI=1S/C24H41BN2O2/c1-24(26,14-7-8-16-25(28)29)15-13-23-17-21-11-5-6-12-22(21)19-27(23)18-20-9-3-2-4-10-20/h5-6,11-12,20,23,28-29H,2-4,7-10,13-19,26H2,1H3. The molecular formula is C24H41BN2O2. The summed E-state index contributed by atoms with van der Waals surface area (Å²) in [5.74, 6) is 0.866. The van der Waals surface area contributed by atoms with Gasteiger partial charge in [-0.2, -0.15) is 0 Å². The fraction of sp³-hybridized carbons (Fsp3) is 0.750. The number of nitrogens with two attached hydrogens (primary N) is 1. The normalized spacial score (nSPS) is 22.8. The van der Waals surface area contributed by atoms with E-state index in [-0.39, 0.29) is 5.54 Å². The van der Waals surface area contributed by atoms with Gasteiger partial charge in [-0.15, -0.1) is 0 Å². The van der Waals surface area contributed by atoms with Crippen molar-refractivity contribution in [2.75, 3.05) is 6.54 Å². The number of unbranched alkanes of at least 4 members (excludes halogenated alkanes) is 1. The first-order chi connectivity index (χ1) is 13.9. The van der Waals surface area contributed by atoms with Crippen molar-refractivity contribution < 1.29 is 10.0 Å². The third-order valence-corrected chi connectivity index (χ3v) is 7.19. The quantitative estimate of drug-likeness (QED) is 0.408. The van der Waals surface area contributed by atoms with Crippen LogP contribution in [0.5, 0.6) is 0 Å². The average molecular weight is 400 g/mol. The van der Waals surface area contributed by atoms with Gasteiger partial charge in [-0.1, -0.05) is 56.4 Å². The van der Waals surface area contributed by atoms with E-state index in [1.54, 1.807) is 0 Å². The van der Waals surface area contributed by atoms with E-state index in [0.29, 0.717) is 12.4 Å². The molecule has 0 bridgehead atoms. The number of hydrogen-bond donors (Lipinski definition) is 3. The first kappa shape index (κ1) is 22.8. The molecular weight excluding hydrogens is 359 g/mol. The zero-order valence-corrected chi connectivity index (χ0v) is 18.4. The van der Waals surface area contributed by atoms with Crippen LogP contribution in [-0.4, -0.2) is 40.2 Å². The molecule has 5 heteroatoms. The van der Waals surface area contributed by atoms with Gasteiger partial charge in [0.1, 0.15) is 0 Å². The molecule has 0 aromatic heterocycles. The lowest BCUT2D eigenvalue weighted by molar-refractivity contribution is 0.116. The van der Waals surface area contributed by atoms with Crippen molar-refractivity contribution in [1.82, 2.24) is 4.90 Å². The number of benzene rings is 1. The van der Waals surface area contributed by atoms with Gasteiger partial charge >= 0.3 is 7.12 Å². The minimum atomic E-state index is -1.19.